The first-order valence-electron chi connectivity index (χ1n) is 7.82. The third-order valence-corrected chi connectivity index (χ3v) is 3.93. The van der Waals surface area contributed by atoms with Gasteiger partial charge >= 0.3 is 0 Å². The summed E-state index contributed by atoms with van der Waals surface area (Å²) < 4.78 is 7.46. The van der Waals surface area contributed by atoms with Crippen LogP contribution in [0.25, 0.3) is 5.65 Å². The molecule has 0 saturated carbocycles. The molecule has 2 N–H and O–H groups in total. The highest BCUT2D eigenvalue weighted by molar-refractivity contribution is 5.95. The van der Waals surface area contributed by atoms with Gasteiger partial charge in [-0.3, -0.25) is 14.9 Å². The van der Waals surface area contributed by atoms with Crippen molar-refractivity contribution in [3.05, 3.63) is 64.2 Å². The van der Waals surface area contributed by atoms with E-state index in [1.54, 1.807) is 48.8 Å². The minimum Gasteiger partial charge on any atom is -0.434 e. The average molecular weight is 355 g/mol. The smallest absolute Gasteiger partial charge is 0.254 e. The second-order valence-corrected chi connectivity index (χ2v) is 6.38. The number of fused-ring (bicyclic) bond motifs is 1. The van der Waals surface area contributed by atoms with Crippen molar-refractivity contribution in [2.45, 2.75) is 25.8 Å². The van der Waals surface area contributed by atoms with Crippen molar-refractivity contribution in [2.24, 2.45) is 5.73 Å². The SMILES string of the molecule is CC(C)(Cc1cnc2c(Oc3ncccc3C(N)=O)cccn12)[N+](=O)[O-]. The molecule has 0 aliphatic carbocycles. The predicted molar refractivity (Wildman–Crippen MR) is 92.8 cm³/mol. The van der Waals surface area contributed by atoms with Crippen LogP contribution >= 0.6 is 0 Å². The van der Waals surface area contributed by atoms with Crippen LogP contribution in [0.3, 0.4) is 0 Å². The van der Waals surface area contributed by atoms with Crippen LogP contribution in [-0.2, 0) is 6.42 Å². The van der Waals surface area contributed by atoms with Gasteiger partial charge in [0.2, 0.25) is 11.4 Å². The lowest BCUT2D eigenvalue weighted by atomic mass is 10.00. The van der Waals surface area contributed by atoms with Crippen molar-refractivity contribution < 1.29 is 14.5 Å². The number of pyridine rings is 2. The Morgan fingerprint density at radius 1 is 1.35 bits per heavy atom. The maximum atomic E-state index is 11.5. The Bertz CT molecular complexity index is 996. The van der Waals surface area contributed by atoms with E-state index in [-0.39, 0.29) is 22.8 Å². The molecule has 3 heterocycles. The minimum absolute atomic E-state index is 0.0725. The molecular formula is C17H17N5O4. The Hall–Kier alpha value is -3.49. The number of rotatable bonds is 6. The summed E-state index contributed by atoms with van der Waals surface area (Å²) in [5.41, 5.74) is 5.49. The summed E-state index contributed by atoms with van der Waals surface area (Å²) in [4.78, 5) is 30.7. The highest BCUT2D eigenvalue weighted by Crippen LogP contribution is 2.28. The number of nitrogens with zero attached hydrogens (tertiary/aromatic N) is 4. The second kappa shape index (κ2) is 6.43. The second-order valence-electron chi connectivity index (χ2n) is 6.38. The number of hydrogen-bond acceptors (Lipinski definition) is 6. The maximum absolute atomic E-state index is 11.5. The van der Waals surface area contributed by atoms with Crippen LogP contribution in [0.1, 0.15) is 29.9 Å². The molecule has 26 heavy (non-hydrogen) atoms. The van der Waals surface area contributed by atoms with Gasteiger partial charge in [-0.05, 0) is 24.3 Å². The minimum atomic E-state index is -1.13. The largest absolute Gasteiger partial charge is 0.434 e. The molecule has 0 aliphatic rings. The molecule has 3 aromatic rings. The summed E-state index contributed by atoms with van der Waals surface area (Å²) in [6.45, 7) is 3.11. The highest BCUT2D eigenvalue weighted by atomic mass is 16.6. The van der Waals surface area contributed by atoms with E-state index in [2.05, 4.69) is 9.97 Å². The highest BCUT2D eigenvalue weighted by Gasteiger charge is 2.32. The van der Waals surface area contributed by atoms with Gasteiger partial charge in [-0.1, -0.05) is 0 Å². The molecule has 0 aromatic carbocycles. The van der Waals surface area contributed by atoms with E-state index >= 15 is 0 Å². The van der Waals surface area contributed by atoms with Gasteiger partial charge in [-0.2, -0.15) is 0 Å². The standard InChI is InChI=1S/C17H17N5O4/c1-17(2,22(24)25)9-11-10-20-15-13(6-4-8-21(11)15)26-16-12(14(18)23)5-3-7-19-16/h3-8,10H,9H2,1-2H3,(H2,18,23). The summed E-state index contributed by atoms with van der Waals surface area (Å²) in [6, 6.07) is 6.49. The van der Waals surface area contributed by atoms with Gasteiger partial charge in [-0.25, -0.2) is 9.97 Å². The lowest BCUT2D eigenvalue weighted by Crippen LogP contribution is -2.33. The van der Waals surface area contributed by atoms with Gasteiger partial charge < -0.3 is 14.9 Å². The molecule has 9 nitrogen and oxygen atoms in total. The zero-order chi connectivity index (χ0) is 18.9. The lowest BCUT2D eigenvalue weighted by molar-refractivity contribution is -0.560. The van der Waals surface area contributed by atoms with Crippen molar-refractivity contribution in [2.75, 3.05) is 0 Å². The van der Waals surface area contributed by atoms with Gasteiger partial charge in [0.05, 0.1) is 6.42 Å². The monoisotopic (exact) mass is 355 g/mol. The zero-order valence-corrected chi connectivity index (χ0v) is 14.2. The number of aromatic nitrogens is 3. The maximum Gasteiger partial charge on any atom is 0.254 e. The van der Waals surface area contributed by atoms with E-state index < -0.39 is 11.4 Å². The number of primary amides is 1. The molecule has 0 unspecified atom stereocenters. The van der Waals surface area contributed by atoms with E-state index in [0.29, 0.717) is 17.1 Å². The normalized spacial score (nSPS) is 11.5. The van der Waals surface area contributed by atoms with Crippen molar-refractivity contribution in [1.29, 1.82) is 0 Å². The topological polar surface area (TPSA) is 126 Å². The molecule has 0 aliphatic heterocycles. The molecule has 9 heteroatoms. The van der Waals surface area contributed by atoms with Crippen molar-refractivity contribution >= 4 is 11.6 Å². The van der Waals surface area contributed by atoms with Crippen molar-refractivity contribution in [1.82, 2.24) is 14.4 Å². The number of nitrogens with two attached hydrogens (primary N) is 1. The molecule has 0 saturated heterocycles. The van der Waals surface area contributed by atoms with Gasteiger partial charge in [0.1, 0.15) is 5.56 Å². The summed E-state index contributed by atoms with van der Waals surface area (Å²) in [5.74, 6) is -0.223. The van der Waals surface area contributed by atoms with Crippen LogP contribution in [0.5, 0.6) is 11.6 Å². The third-order valence-electron chi connectivity index (χ3n) is 3.93. The first kappa shape index (κ1) is 17.3. The fraction of sp³-hybridized carbons (Fsp3) is 0.235. The summed E-state index contributed by atoms with van der Waals surface area (Å²) in [5, 5.41) is 11.2. The molecular weight excluding hydrogens is 338 g/mol. The molecule has 3 rings (SSSR count). The van der Waals surface area contributed by atoms with E-state index in [9.17, 15) is 14.9 Å². The predicted octanol–water partition coefficient (Wildman–Crippen LogP) is 2.22. The van der Waals surface area contributed by atoms with E-state index in [1.165, 1.54) is 12.3 Å². The molecule has 0 radical (unpaired) electrons. The van der Waals surface area contributed by atoms with Gasteiger partial charge in [0, 0.05) is 43.1 Å². The summed E-state index contributed by atoms with van der Waals surface area (Å²) in [7, 11) is 0. The Morgan fingerprint density at radius 3 is 2.81 bits per heavy atom. The summed E-state index contributed by atoms with van der Waals surface area (Å²) in [6.07, 6.45) is 4.99. The van der Waals surface area contributed by atoms with Crippen LogP contribution in [0.4, 0.5) is 0 Å². The fourth-order valence-corrected chi connectivity index (χ4v) is 2.52. The number of ether oxygens (including phenoxy) is 1. The number of carbonyl (C=O) groups excluding carboxylic acids is 1. The average Bonchev–Trinajstić information content (AvgIpc) is 2.98. The van der Waals surface area contributed by atoms with Crippen LogP contribution in [0, 0.1) is 10.1 Å². The molecule has 0 fully saturated rings. The first-order valence-corrected chi connectivity index (χ1v) is 7.82. The Morgan fingerprint density at radius 2 is 2.12 bits per heavy atom. The van der Waals surface area contributed by atoms with Gasteiger partial charge in [0.25, 0.3) is 5.91 Å². The van der Waals surface area contributed by atoms with Crippen LogP contribution < -0.4 is 10.5 Å². The van der Waals surface area contributed by atoms with E-state index in [0.717, 1.165) is 0 Å². The molecule has 0 spiro atoms. The zero-order valence-electron chi connectivity index (χ0n) is 14.2. The fourth-order valence-electron chi connectivity index (χ4n) is 2.52. The third kappa shape index (κ3) is 3.18. The number of nitro groups is 1. The van der Waals surface area contributed by atoms with Crippen LogP contribution in [0.15, 0.2) is 42.9 Å². The van der Waals surface area contributed by atoms with Crippen LogP contribution in [0.2, 0.25) is 0 Å². The quantitative estimate of drug-likeness (QED) is 0.534. The number of carbonyl (C=O) groups is 1. The Balaban J connectivity index is 2.00. The number of imidazole rings is 1. The van der Waals surface area contributed by atoms with E-state index in [1.807, 2.05) is 0 Å². The lowest BCUT2D eigenvalue weighted by Gasteiger charge is -2.15. The van der Waals surface area contributed by atoms with Crippen LogP contribution in [-0.4, -0.2) is 30.7 Å². The Labute approximate surface area is 148 Å². The molecule has 134 valence electrons. The van der Waals surface area contributed by atoms with Gasteiger partial charge in [0.15, 0.2) is 11.4 Å². The van der Waals surface area contributed by atoms with Crippen molar-refractivity contribution in [3.8, 4) is 11.6 Å². The molecule has 0 bridgehead atoms. The molecule has 1 amide bonds. The Kier molecular flexibility index (Phi) is 4.29. The van der Waals surface area contributed by atoms with E-state index in [4.69, 9.17) is 10.5 Å². The molecule has 0 atom stereocenters. The number of amides is 1. The first-order chi connectivity index (χ1) is 12.3. The number of hydrogen-bond donors (Lipinski definition) is 1. The molecule has 3 aromatic heterocycles. The summed E-state index contributed by atoms with van der Waals surface area (Å²) >= 11 is 0. The van der Waals surface area contributed by atoms with Crippen molar-refractivity contribution in [3.63, 3.8) is 0 Å². The van der Waals surface area contributed by atoms with Gasteiger partial charge in [-0.15, -0.1) is 0 Å².